The summed E-state index contributed by atoms with van der Waals surface area (Å²) in [6.07, 6.45) is 0. The molecule has 4 atom stereocenters. The standard InChI is InChI=1S/C26H40N6O4/c1-23(2)14-31-12-19-9-18(11-27)10-20(28-19)13-32(17-25(5,35-7)21(33)29-23)15-24(3,4)30-22(34)26(6,16-31)36-8/h9-10H,12-17H2,1-8H3,(H,29,33)(H,30,34)/t25-,26+. The van der Waals surface area contributed by atoms with E-state index >= 15 is 0 Å². The molecule has 0 spiro atoms. The Morgan fingerprint density at radius 2 is 1.19 bits per heavy atom. The van der Waals surface area contributed by atoms with Crippen molar-refractivity contribution in [1.29, 1.82) is 5.26 Å². The fraction of sp³-hybridized carbons (Fsp3) is 0.692. The van der Waals surface area contributed by atoms with Crippen LogP contribution in [-0.2, 0) is 32.2 Å². The molecule has 1 aromatic rings. The molecule has 0 aromatic carbocycles. The van der Waals surface area contributed by atoms with Gasteiger partial charge in [0.15, 0.2) is 11.2 Å². The van der Waals surface area contributed by atoms with Crippen LogP contribution in [0.5, 0.6) is 0 Å². The number of nitrogens with one attached hydrogen (secondary N) is 2. The number of ether oxygens (including phenoxy) is 2. The van der Waals surface area contributed by atoms with Crippen molar-refractivity contribution in [2.24, 2.45) is 0 Å². The third kappa shape index (κ3) is 6.40. The Balaban J connectivity index is 2.26. The van der Waals surface area contributed by atoms with Crippen molar-refractivity contribution in [3.8, 4) is 6.07 Å². The minimum atomic E-state index is -1.16. The van der Waals surface area contributed by atoms with Crippen LogP contribution < -0.4 is 10.6 Å². The Morgan fingerprint density at radius 1 is 0.806 bits per heavy atom. The van der Waals surface area contributed by atoms with Crippen molar-refractivity contribution in [3.05, 3.63) is 29.1 Å². The summed E-state index contributed by atoms with van der Waals surface area (Å²) in [4.78, 5) is 36.1. The topological polar surface area (TPSA) is 120 Å². The summed E-state index contributed by atoms with van der Waals surface area (Å²) in [5.74, 6) is -0.435. The van der Waals surface area contributed by atoms with E-state index in [1.54, 1.807) is 26.0 Å². The van der Waals surface area contributed by atoms with Crippen molar-refractivity contribution < 1.29 is 19.1 Å². The van der Waals surface area contributed by atoms with E-state index in [9.17, 15) is 14.9 Å². The molecule has 10 nitrogen and oxygen atoms in total. The van der Waals surface area contributed by atoms with Crippen LogP contribution in [0.3, 0.4) is 0 Å². The summed E-state index contributed by atoms with van der Waals surface area (Å²) in [6.45, 7) is 13.4. The third-order valence-corrected chi connectivity index (χ3v) is 6.89. The van der Waals surface area contributed by atoms with Gasteiger partial charge in [-0.3, -0.25) is 24.4 Å². The molecule has 2 amide bonds. The molecule has 2 unspecified atom stereocenters. The molecule has 36 heavy (non-hydrogen) atoms. The zero-order valence-electron chi connectivity index (χ0n) is 22.8. The quantitative estimate of drug-likeness (QED) is 0.621. The molecule has 0 saturated carbocycles. The minimum Gasteiger partial charge on any atom is -0.367 e. The van der Waals surface area contributed by atoms with Gasteiger partial charge in [0.05, 0.1) is 23.0 Å². The number of methoxy groups -OCH3 is 2. The lowest BCUT2D eigenvalue weighted by molar-refractivity contribution is -0.150. The van der Waals surface area contributed by atoms with Gasteiger partial charge in [-0.05, 0) is 53.7 Å². The Hall–Kier alpha value is -2.58. The molecular weight excluding hydrogens is 460 g/mol. The zero-order valence-corrected chi connectivity index (χ0v) is 22.8. The maximum absolute atomic E-state index is 13.6. The van der Waals surface area contributed by atoms with E-state index in [0.717, 1.165) is 11.4 Å². The lowest BCUT2D eigenvalue weighted by Gasteiger charge is -2.43. The normalized spacial score (nSPS) is 32.6. The number of aromatic nitrogens is 1. The fourth-order valence-electron chi connectivity index (χ4n) is 5.06. The first-order valence-corrected chi connectivity index (χ1v) is 12.2. The van der Waals surface area contributed by atoms with Crippen LogP contribution in [0.1, 0.15) is 58.5 Å². The maximum atomic E-state index is 13.6. The summed E-state index contributed by atoms with van der Waals surface area (Å²) in [5, 5.41) is 16.0. The number of nitriles is 1. The summed E-state index contributed by atoms with van der Waals surface area (Å²) in [7, 11) is 3.06. The van der Waals surface area contributed by atoms with Gasteiger partial charge < -0.3 is 20.1 Å². The van der Waals surface area contributed by atoms with E-state index in [1.807, 2.05) is 37.5 Å². The smallest absolute Gasteiger partial charge is 0.253 e. The molecule has 10 heteroatoms. The SMILES string of the molecule is CO[C@]1(C)CN2Cc3cc(C#N)cc(n3)CN(CC(C)(C)NC1=O)C[C@](C)(OC)C(=O)NC(C)(C)C2. The molecule has 0 saturated heterocycles. The van der Waals surface area contributed by atoms with E-state index in [-0.39, 0.29) is 24.9 Å². The molecule has 0 radical (unpaired) electrons. The van der Waals surface area contributed by atoms with Crippen molar-refractivity contribution >= 4 is 11.8 Å². The molecule has 2 aliphatic heterocycles. The number of fused-ring (bicyclic) bond motifs is 2. The van der Waals surface area contributed by atoms with Gasteiger partial charge in [0.2, 0.25) is 0 Å². The van der Waals surface area contributed by atoms with E-state index in [0.29, 0.717) is 31.7 Å². The van der Waals surface area contributed by atoms with Gasteiger partial charge in [-0.25, -0.2) is 0 Å². The number of carbonyl (C=O) groups excluding carboxylic acids is 2. The first-order valence-electron chi connectivity index (χ1n) is 12.2. The third-order valence-electron chi connectivity index (χ3n) is 6.89. The predicted molar refractivity (Wildman–Crippen MR) is 135 cm³/mol. The van der Waals surface area contributed by atoms with Gasteiger partial charge in [-0.15, -0.1) is 0 Å². The highest BCUT2D eigenvalue weighted by Crippen LogP contribution is 2.24. The number of hydrogen-bond acceptors (Lipinski definition) is 8. The van der Waals surface area contributed by atoms with Gasteiger partial charge >= 0.3 is 0 Å². The Labute approximate surface area is 214 Å². The molecule has 4 bridgehead atoms. The molecule has 2 N–H and O–H groups in total. The Morgan fingerprint density at radius 3 is 1.53 bits per heavy atom. The highest BCUT2D eigenvalue weighted by Gasteiger charge is 2.43. The number of carbonyl (C=O) groups is 2. The molecule has 2 aliphatic rings. The van der Waals surface area contributed by atoms with Crippen molar-refractivity contribution in [2.75, 3.05) is 40.4 Å². The lowest BCUT2D eigenvalue weighted by Crippen LogP contribution is -2.65. The number of hydrogen-bond donors (Lipinski definition) is 2. The second-order valence-corrected chi connectivity index (χ2v) is 11.8. The first-order chi connectivity index (χ1) is 16.6. The fourth-order valence-corrected chi connectivity index (χ4v) is 5.06. The largest absolute Gasteiger partial charge is 0.367 e. The van der Waals surface area contributed by atoms with E-state index in [2.05, 4.69) is 16.7 Å². The molecular formula is C26H40N6O4. The zero-order chi connectivity index (χ0) is 26.9. The average molecular weight is 501 g/mol. The Kier molecular flexibility index (Phi) is 7.82. The maximum Gasteiger partial charge on any atom is 0.253 e. The number of rotatable bonds is 2. The Bertz CT molecular complexity index is 979. The predicted octanol–water partition coefficient (Wildman–Crippen LogP) is 1.18. The summed E-state index contributed by atoms with van der Waals surface area (Å²) >= 11 is 0. The highest BCUT2D eigenvalue weighted by molar-refractivity contribution is 5.86. The van der Waals surface area contributed by atoms with Gasteiger partial charge in [-0.1, -0.05) is 0 Å². The van der Waals surface area contributed by atoms with E-state index < -0.39 is 22.3 Å². The van der Waals surface area contributed by atoms with Crippen LogP contribution in [0, 0.1) is 11.3 Å². The second kappa shape index (κ2) is 10.1. The lowest BCUT2D eigenvalue weighted by atomic mass is 9.95. The van der Waals surface area contributed by atoms with Crippen molar-refractivity contribution in [2.45, 2.75) is 76.9 Å². The average Bonchev–Trinajstić information content (AvgIpc) is 2.76. The van der Waals surface area contributed by atoms with E-state index in [4.69, 9.17) is 14.5 Å². The van der Waals surface area contributed by atoms with Crippen LogP contribution in [0.25, 0.3) is 0 Å². The van der Waals surface area contributed by atoms with Crippen LogP contribution in [0.4, 0.5) is 0 Å². The summed E-state index contributed by atoms with van der Waals surface area (Å²) < 4.78 is 11.6. The molecule has 198 valence electrons. The second-order valence-electron chi connectivity index (χ2n) is 11.8. The monoisotopic (exact) mass is 500 g/mol. The number of nitrogens with zero attached hydrogens (tertiary/aromatic N) is 4. The molecule has 0 aliphatic carbocycles. The molecule has 3 heterocycles. The molecule has 0 fully saturated rings. The van der Waals surface area contributed by atoms with Gasteiger partial charge in [0.25, 0.3) is 11.8 Å². The van der Waals surface area contributed by atoms with Gasteiger partial charge in [0.1, 0.15) is 0 Å². The van der Waals surface area contributed by atoms with Gasteiger partial charge in [0, 0.05) is 64.6 Å². The minimum absolute atomic E-state index is 0.218. The summed E-state index contributed by atoms with van der Waals surface area (Å²) in [6, 6.07) is 5.80. The van der Waals surface area contributed by atoms with Gasteiger partial charge in [-0.2, -0.15) is 5.26 Å². The number of pyridine rings is 1. The van der Waals surface area contributed by atoms with Crippen LogP contribution in [-0.4, -0.2) is 89.3 Å². The van der Waals surface area contributed by atoms with E-state index in [1.165, 1.54) is 14.2 Å². The van der Waals surface area contributed by atoms with Crippen molar-refractivity contribution in [3.63, 3.8) is 0 Å². The summed E-state index contributed by atoms with van der Waals surface area (Å²) in [5.41, 5.74) is -1.69. The van der Waals surface area contributed by atoms with Crippen LogP contribution in [0.15, 0.2) is 12.1 Å². The van der Waals surface area contributed by atoms with Crippen LogP contribution >= 0.6 is 0 Å². The molecule has 1 aromatic heterocycles. The first kappa shape index (κ1) is 28.0. The van der Waals surface area contributed by atoms with Crippen LogP contribution in [0.2, 0.25) is 0 Å². The highest BCUT2D eigenvalue weighted by atomic mass is 16.5. The van der Waals surface area contributed by atoms with Crippen molar-refractivity contribution in [1.82, 2.24) is 25.4 Å². The molecule has 3 rings (SSSR count). The number of amides is 2.